The van der Waals surface area contributed by atoms with Gasteiger partial charge in [0.25, 0.3) is 0 Å². The van der Waals surface area contributed by atoms with E-state index in [2.05, 4.69) is 54.6 Å². The van der Waals surface area contributed by atoms with E-state index in [1.807, 2.05) is 91.0 Å². The normalized spacial score (nSPS) is 15.5. The van der Waals surface area contributed by atoms with Crippen LogP contribution in [0.25, 0.3) is 45.3 Å². The third-order valence-corrected chi connectivity index (χ3v) is 9.20. The van der Waals surface area contributed by atoms with Crippen LogP contribution < -0.4 is 4.74 Å². The van der Waals surface area contributed by atoms with Gasteiger partial charge in [-0.3, -0.25) is 0 Å². The van der Waals surface area contributed by atoms with Crippen LogP contribution in [-0.4, -0.2) is 15.0 Å². The van der Waals surface area contributed by atoms with E-state index in [-0.39, 0.29) is 0 Å². The zero-order chi connectivity index (χ0) is 30.0. The van der Waals surface area contributed by atoms with Gasteiger partial charge >= 0.3 is 0 Å². The van der Waals surface area contributed by atoms with Gasteiger partial charge in [-0.15, -0.1) is 0 Å². The van der Waals surface area contributed by atoms with E-state index in [4.69, 9.17) is 31.3 Å². The minimum absolute atomic E-state index is 0.548. The zero-order valence-electron chi connectivity index (χ0n) is 24.0. The Balaban J connectivity index is 1.36. The molecule has 0 saturated heterocycles. The molecule has 2 aliphatic rings. The Kier molecular flexibility index (Phi) is 5.74. The van der Waals surface area contributed by atoms with E-state index < -0.39 is 5.41 Å². The fourth-order valence-electron chi connectivity index (χ4n) is 7.03. The highest BCUT2D eigenvalue weighted by molar-refractivity contribution is 6.34. The molecule has 0 N–H and O–H groups in total. The molecule has 212 valence electrons. The SMILES string of the molecule is Clc1cccc2c1-c1ccccc1C21c2ccccc2Oc2c(-c3nc(-c4ccccc4)nc(-c4ccccc4)n3)cccc21. The van der Waals surface area contributed by atoms with Crippen LogP contribution >= 0.6 is 11.6 Å². The molecule has 7 aromatic rings. The lowest BCUT2D eigenvalue weighted by Gasteiger charge is -2.39. The number of hydrogen-bond acceptors (Lipinski definition) is 4. The van der Waals surface area contributed by atoms with E-state index in [1.54, 1.807) is 0 Å². The summed E-state index contributed by atoms with van der Waals surface area (Å²) in [5.74, 6) is 3.27. The number of rotatable bonds is 3. The predicted molar refractivity (Wildman–Crippen MR) is 179 cm³/mol. The summed E-state index contributed by atoms with van der Waals surface area (Å²) in [6, 6.07) is 49.4. The molecule has 0 saturated carbocycles. The fraction of sp³-hybridized carbons (Fsp3) is 0.0250. The second-order valence-electron chi connectivity index (χ2n) is 11.3. The van der Waals surface area contributed by atoms with Gasteiger partial charge in [0.2, 0.25) is 0 Å². The molecule has 1 aliphatic heterocycles. The van der Waals surface area contributed by atoms with Crippen LogP contribution in [0.5, 0.6) is 11.5 Å². The molecule has 2 heterocycles. The van der Waals surface area contributed by atoms with Gasteiger partial charge < -0.3 is 4.74 Å². The summed E-state index contributed by atoms with van der Waals surface area (Å²) in [6.45, 7) is 0. The predicted octanol–water partition coefficient (Wildman–Crippen LogP) is 9.99. The van der Waals surface area contributed by atoms with Gasteiger partial charge in [0.1, 0.15) is 11.5 Å². The molecule has 1 spiro atoms. The van der Waals surface area contributed by atoms with Crippen LogP contribution in [0.4, 0.5) is 0 Å². The lowest BCUT2D eigenvalue weighted by molar-refractivity contribution is 0.437. The van der Waals surface area contributed by atoms with Gasteiger partial charge in [0.05, 0.1) is 11.0 Å². The first kappa shape index (κ1) is 25.9. The summed E-state index contributed by atoms with van der Waals surface area (Å²) < 4.78 is 6.87. The molecule has 0 fully saturated rings. The van der Waals surface area contributed by atoms with Gasteiger partial charge in [0.15, 0.2) is 17.5 Å². The maximum atomic E-state index is 6.97. The van der Waals surface area contributed by atoms with Crippen LogP contribution in [-0.2, 0) is 5.41 Å². The molecule has 9 rings (SSSR count). The van der Waals surface area contributed by atoms with E-state index in [0.29, 0.717) is 17.5 Å². The van der Waals surface area contributed by atoms with Crippen molar-refractivity contribution in [1.29, 1.82) is 0 Å². The standard InChI is InChI=1S/C40H24ClN3O/c41-33-23-12-21-31-35(33)27-17-7-8-19-29(27)40(31)30-20-9-10-24-34(30)45-36-28(18-11-22-32(36)40)39-43-37(25-13-3-1-4-14-25)42-38(44-39)26-15-5-2-6-16-26/h1-24H. The molecular formula is C40H24ClN3O. The maximum Gasteiger partial charge on any atom is 0.167 e. The van der Waals surface area contributed by atoms with Crippen molar-refractivity contribution in [3.8, 4) is 56.8 Å². The van der Waals surface area contributed by atoms with Crippen molar-refractivity contribution >= 4 is 11.6 Å². The topological polar surface area (TPSA) is 47.9 Å². The number of ether oxygens (including phenoxy) is 1. The minimum Gasteiger partial charge on any atom is -0.456 e. The highest BCUT2D eigenvalue weighted by Crippen LogP contribution is 2.63. The quantitative estimate of drug-likeness (QED) is 0.203. The van der Waals surface area contributed by atoms with Crippen molar-refractivity contribution in [3.63, 3.8) is 0 Å². The third-order valence-electron chi connectivity index (χ3n) is 8.88. The first-order valence-corrected chi connectivity index (χ1v) is 15.3. The molecule has 5 heteroatoms. The maximum absolute atomic E-state index is 6.97. The summed E-state index contributed by atoms with van der Waals surface area (Å²) in [5.41, 5.74) is 8.58. The van der Waals surface area contributed by atoms with Gasteiger partial charge in [0, 0.05) is 32.8 Å². The molecule has 1 aliphatic carbocycles. The molecule has 0 radical (unpaired) electrons. The first-order chi connectivity index (χ1) is 22.2. The smallest absolute Gasteiger partial charge is 0.167 e. The van der Waals surface area contributed by atoms with Crippen LogP contribution in [0.1, 0.15) is 22.3 Å². The largest absolute Gasteiger partial charge is 0.456 e. The van der Waals surface area contributed by atoms with E-state index in [9.17, 15) is 0 Å². The number of nitrogens with zero attached hydrogens (tertiary/aromatic N) is 3. The lowest BCUT2D eigenvalue weighted by atomic mass is 9.66. The Morgan fingerprint density at radius 2 is 0.978 bits per heavy atom. The van der Waals surface area contributed by atoms with Crippen LogP contribution in [0, 0.1) is 0 Å². The van der Waals surface area contributed by atoms with Crippen molar-refractivity contribution < 1.29 is 4.74 Å². The molecule has 6 aromatic carbocycles. The third kappa shape index (κ3) is 3.76. The second-order valence-corrected chi connectivity index (χ2v) is 11.7. The summed E-state index contributed by atoms with van der Waals surface area (Å²) in [4.78, 5) is 15.0. The zero-order valence-corrected chi connectivity index (χ0v) is 24.7. The van der Waals surface area contributed by atoms with Crippen molar-refractivity contribution in [3.05, 3.63) is 173 Å². The van der Waals surface area contributed by atoms with Gasteiger partial charge in [-0.25, -0.2) is 15.0 Å². The average molecular weight is 598 g/mol. The fourth-order valence-corrected chi connectivity index (χ4v) is 7.31. The summed E-state index contributed by atoms with van der Waals surface area (Å²) in [6.07, 6.45) is 0. The van der Waals surface area contributed by atoms with E-state index in [0.717, 1.165) is 61.0 Å². The van der Waals surface area contributed by atoms with Gasteiger partial charge in [-0.1, -0.05) is 139 Å². The highest BCUT2D eigenvalue weighted by atomic mass is 35.5. The van der Waals surface area contributed by atoms with Crippen molar-refractivity contribution in [1.82, 2.24) is 15.0 Å². The molecule has 0 amide bonds. The second kappa shape index (κ2) is 9.98. The molecule has 0 bridgehead atoms. The lowest BCUT2D eigenvalue weighted by Crippen LogP contribution is -2.32. The summed E-state index contributed by atoms with van der Waals surface area (Å²) in [7, 11) is 0. The monoisotopic (exact) mass is 597 g/mol. The van der Waals surface area contributed by atoms with Crippen LogP contribution in [0.3, 0.4) is 0 Å². The Morgan fingerprint density at radius 1 is 0.444 bits per heavy atom. The van der Waals surface area contributed by atoms with E-state index >= 15 is 0 Å². The Morgan fingerprint density at radius 3 is 1.71 bits per heavy atom. The molecule has 1 atom stereocenters. The molecule has 4 nitrogen and oxygen atoms in total. The molecule has 1 unspecified atom stereocenters. The van der Waals surface area contributed by atoms with Crippen LogP contribution in [0.15, 0.2) is 146 Å². The molecular weight excluding hydrogens is 574 g/mol. The van der Waals surface area contributed by atoms with Crippen molar-refractivity contribution in [2.75, 3.05) is 0 Å². The Labute approximate surface area is 265 Å². The van der Waals surface area contributed by atoms with Crippen molar-refractivity contribution in [2.24, 2.45) is 0 Å². The number of aromatic nitrogens is 3. The van der Waals surface area contributed by atoms with Gasteiger partial charge in [-0.2, -0.15) is 0 Å². The molecule has 45 heavy (non-hydrogen) atoms. The number of para-hydroxylation sites is 2. The van der Waals surface area contributed by atoms with Crippen molar-refractivity contribution in [2.45, 2.75) is 5.41 Å². The number of halogens is 1. The summed E-state index contributed by atoms with van der Waals surface area (Å²) in [5, 5.41) is 0.732. The highest BCUT2D eigenvalue weighted by Gasteiger charge is 2.52. The Hall–Kier alpha value is -5.58. The number of fused-ring (bicyclic) bond motifs is 9. The molecule has 1 aromatic heterocycles. The first-order valence-electron chi connectivity index (χ1n) is 14.9. The minimum atomic E-state index is -0.644. The van der Waals surface area contributed by atoms with Crippen LogP contribution in [0.2, 0.25) is 5.02 Å². The average Bonchev–Trinajstić information content (AvgIpc) is 3.40. The summed E-state index contributed by atoms with van der Waals surface area (Å²) >= 11 is 6.97. The number of hydrogen-bond donors (Lipinski definition) is 0. The van der Waals surface area contributed by atoms with Gasteiger partial charge in [-0.05, 0) is 34.9 Å². The Bertz CT molecular complexity index is 2210. The number of benzene rings is 6. The van der Waals surface area contributed by atoms with E-state index in [1.165, 1.54) is 5.56 Å².